The fourth-order valence-corrected chi connectivity index (χ4v) is 3.36. The minimum absolute atomic E-state index is 0.228. The molecule has 6 heteroatoms. The zero-order valence-corrected chi connectivity index (χ0v) is 13.3. The van der Waals surface area contributed by atoms with Crippen molar-refractivity contribution in [2.75, 3.05) is 47.1 Å². The Balaban J connectivity index is 2.71. The van der Waals surface area contributed by atoms with Crippen molar-refractivity contribution in [1.82, 2.24) is 4.90 Å². The molecule has 18 heavy (non-hydrogen) atoms. The van der Waals surface area contributed by atoms with Crippen LogP contribution in [0.1, 0.15) is 10.9 Å². The summed E-state index contributed by atoms with van der Waals surface area (Å²) < 4.78 is 11.5. The predicted molar refractivity (Wildman–Crippen MR) is 79.1 cm³/mol. The van der Waals surface area contributed by atoms with Crippen LogP contribution < -0.4 is 5.73 Å². The third kappa shape index (κ3) is 4.95. The second-order valence-corrected chi connectivity index (χ2v) is 6.41. The van der Waals surface area contributed by atoms with Gasteiger partial charge in [0.05, 0.1) is 23.0 Å². The molecule has 1 atom stereocenters. The first-order chi connectivity index (χ1) is 8.72. The van der Waals surface area contributed by atoms with Gasteiger partial charge in [0.25, 0.3) is 0 Å². The number of nitrogens with zero attached hydrogens (tertiary/aromatic N) is 1. The summed E-state index contributed by atoms with van der Waals surface area (Å²) >= 11 is 5.22. The molecule has 0 saturated heterocycles. The Kier molecular flexibility index (Phi) is 8.05. The lowest BCUT2D eigenvalue weighted by atomic mass is 10.2. The van der Waals surface area contributed by atoms with Crippen LogP contribution in [-0.4, -0.2) is 52.0 Å². The highest BCUT2D eigenvalue weighted by molar-refractivity contribution is 9.11. The van der Waals surface area contributed by atoms with Gasteiger partial charge < -0.3 is 15.2 Å². The van der Waals surface area contributed by atoms with Crippen molar-refractivity contribution in [3.63, 3.8) is 0 Å². The highest BCUT2D eigenvalue weighted by Crippen LogP contribution is 2.30. The molecule has 1 aromatic rings. The topological polar surface area (TPSA) is 47.7 Å². The van der Waals surface area contributed by atoms with Crippen LogP contribution in [0.5, 0.6) is 0 Å². The van der Waals surface area contributed by atoms with Crippen molar-refractivity contribution in [1.29, 1.82) is 0 Å². The third-order valence-electron chi connectivity index (χ3n) is 2.75. The lowest BCUT2D eigenvalue weighted by molar-refractivity contribution is 0.0901. The number of halogens is 1. The molecule has 0 bridgehead atoms. The van der Waals surface area contributed by atoms with E-state index < -0.39 is 0 Å². The van der Waals surface area contributed by atoms with E-state index in [1.54, 1.807) is 25.6 Å². The van der Waals surface area contributed by atoms with Gasteiger partial charge in [-0.05, 0) is 28.1 Å². The SMILES string of the molecule is COCCN(CCOC)C(CN)c1ccc(Br)s1. The molecule has 0 amide bonds. The monoisotopic (exact) mass is 336 g/mol. The maximum absolute atomic E-state index is 5.93. The second kappa shape index (κ2) is 9.01. The molecule has 1 heterocycles. The van der Waals surface area contributed by atoms with Crippen molar-refractivity contribution < 1.29 is 9.47 Å². The van der Waals surface area contributed by atoms with Gasteiger partial charge in [-0.25, -0.2) is 0 Å². The van der Waals surface area contributed by atoms with E-state index in [4.69, 9.17) is 15.2 Å². The average Bonchev–Trinajstić information content (AvgIpc) is 2.79. The molecule has 0 aliphatic carbocycles. The van der Waals surface area contributed by atoms with E-state index in [2.05, 4.69) is 33.0 Å². The van der Waals surface area contributed by atoms with Crippen LogP contribution in [0.2, 0.25) is 0 Å². The van der Waals surface area contributed by atoms with Gasteiger partial charge >= 0.3 is 0 Å². The highest BCUT2D eigenvalue weighted by Gasteiger charge is 2.20. The molecule has 2 N–H and O–H groups in total. The third-order valence-corrected chi connectivity index (χ3v) is 4.48. The van der Waals surface area contributed by atoms with Crippen molar-refractivity contribution in [3.8, 4) is 0 Å². The van der Waals surface area contributed by atoms with E-state index in [0.717, 1.165) is 16.9 Å². The summed E-state index contributed by atoms with van der Waals surface area (Å²) in [6.45, 7) is 3.72. The van der Waals surface area contributed by atoms with Gasteiger partial charge in [-0.1, -0.05) is 0 Å². The first-order valence-corrected chi connectivity index (χ1v) is 7.51. The second-order valence-electron chi connectivity index (χ2n) is 3.91. The number of nitrogens with two attached hydrogens (primary N) is 1. The van der Waals surface area contributed by atoms with E-state index in [1.165, 1.54) is 4.88 Å². The Bertz CT molecular complexity index is 328. The molecule has 1 rings (SSSR count). The summed E-state index contributed by atoms with van der Waals surface area (Å²) in [5.74, 6) is 0. The number of ether oxygens (including phenoxy) is 2. The zero-order chi connectivity index (χ0) is 13.4. The molecule has 0 saturated carbocycles. The van der Waals surface area contributed by atoms with Crippen molar-refractivity contribution in [2.24, 2.45) is 5.73 Å². The molecule has 0 aromatic carbocycles. The van der Waals surface area contributed by atoms with Crippen molar-refractivity contribution in [2.45, 2.75) is 6.04 Å². The van der Waals surface area contributed by atoms with Crippen LogP contribution in [0.3, 0.4) is 0 Å². The smallest absolute Gasteiger partial charge is 0.0702 e. The Labute approximate surface area is 121 Å². The maximum Gasteiger partial charge on any atom is 0.0702 e. The maximum atomic E-state index is 5.93. The zero-order valence-electron chi connectivity index (χ0n) is 10.9. The molecule has 1 unspecified atom stereocenters. The average molecular weight is 337 g/mol. The minimum atomic E-state index is 0.228. The molecule has 0 aliphatic heterocycles. The first-order valence-electron chi connectivity index (χ1n) is 5.90. The fourth-order valence-electron chi connectivity index (χ4n) is 1.79. The molecule has 0 aliphatic rings. The Morgan fingerprint density at radius 3 is 2.28 bits per heavy atom. The Morgan fingerprint density at radius 2 is 1.89 bits per heavy atom. The summed E-state index contributed by atoms with van der Waals surface area (Å²) in [6, 6.07) is 4.42. The number of rotatable bonds is 9. The van der Waals surface area contributed by atoms with E-state index >= 15 is 0 Å². The van der Waals surface area contributed by atoms with Gasteiger partial charge in [-0.2, -0.15) is 0 Å². The van der Waals surface area contributed by atoms with Crippen LogP contribution in [0.25, 0.3) is 0 Å². The fraction of sp³-hybridized carbons (Fsp3) is 0.667. The van der Waals surface area contributed by atoms with Gasteiger partial charge in [-0.3, -0.25) is 4.90 Å². The van der Waals surface area contributed by atoms with Crippen molar-refractivity contribution >= 4 is 27.3 Å². The van der Waals surface area contributed by atoms with Crippen LogP contribution in [-0.2, 0) is 9.47 Å². The van der Waals surface area contributed by atoms with Gasteiger partial charge in [0.1, 0.15) is 0 Å². The summed E-state index contributed by atoms with van der Waals surface area (Å²) in [4.78, 5) is 3.59. The molecule has 0 radical (unpaired) electrons. The summed E-state index contributed by atoms with van der Waals surface area (Å²) in [6.07, 6.45) is 0. The normalized spacial score (nSPS) is 13.2. The van der Waals surface area contributed by atoms with Gasteiger partial charge in [-0.15, -0.1) is 11.3 Å². The Morgan fingerprint density at radius 1 is 1.28 bits per heavy atom. The van der Waals surface area contributed by atoms with E-state index in [9.17, 15) is 0 Å². The van der Waals surface area contributed by atoms with Crippen LogP contribution in [0, 0.1) is 0 Å². The summed E-state index contributed by atoms with van der Waals surface area (Å²) in [5, 5.41) is 0. The van der Waals surface area contributed by atoms with Gasteiger partial charge in [0, 0.05) is 38.7 Å². The molecule has 1 aromatic heterocycles. The van der Waals surface area contributed by atoms with E-state index in [0.29, 0.717) is 19.8 Å². The number of thiophene rings is 1. The minimum Gasteiger partial charge on any atom is -0.383 e. The van der Waals surface area contributed by atoms with Crippen LogP contribution in [0.15, 0.2) is 15.9 Å². The van der Waals surface area contributed by atoms with Crippen molar-refractivity contribution in [3.05, 3.63) is 20.8 Å². The Hall–Kier alpha value is 0.0200. The molecule has 104 valence electrons. The lowest BCUT2D eigenvalue weighted by Gasteiger charge is -2.29. The number of hydrogen-bond donors (Lipinski definition) is 1. The standard InChI is InChI=1S/C12H21BrN2O2S/c1-16-7-5-15(6-8-17-2)10(9-14)11-3-4-12(13)18-11/h3-4,10H,5-9,14H2,1-2H3. The van der Waals surface area contributed by atoms with Gasteiger partial charge in [0.15, 0.2) is 0 Å². The molecular formula is C12H21BrN2O2S. The lowest BCUT2D eigenvalue weighted by Crippen LogP contribution is -2.37. The first kappa shape index (κ1) is 16.1. The molecular weight excluding hydrogens is 316 g/mol. The molecule has 0 spiro atoms. The molecule has 4 nitrogen and oxygen atoms in total. The largest absolute Gasteiger partial charge is 0.383 e. The number of hydrogen-bond acceptors (Lipinski definition) is 5. The summed E-state index contributed by atoms with van der Waals surface area (Å²) in [7, 11) is 3.43. The molecule has 0 fully saturated rings. The van der Waals surface area contributed by atoms with Crippen LogP contribution >= 0.6 is 27.3 Å². The predicted octanol–water partition coefficient (Wildman–Crippen LogP) is 2.11. The summed E-state index contributed by atoms with van der Waals surface area (Å²) in [5.41, 5.74) is 5.93. The van der Waals surface area contributed by atoms with Gasteiger partial charge in [0.2, 0.25) is 0 Å². The highest BCUT2D eigenvalue weighted by atomic mass is 79.9. The quantitative estimate of drug-likeness (QED) is 0.750. The van der Waals surface area contributed by atoms with Crippen LogP contribution in [0.4, 0.5) is 0 Å². The van der Waals surface area contributed by atoms with E-state index in [1.807, 2.05) is 0 Å². The number of methoxy groups -OCH3 is 2. The van der Waals surface area contributed by atoms with E-state index in [-0.39, 0.29) is 6.04 Å².